The van der Waals surface area contributed by atoms with Crippen molar-refractivity contribution < 1.29 is 9.53 Å². The highest BCUT2D eigenvalue weighted by Crippen LogP contribution is 2.25. The van der Waals surface area contributed by atoms with Crippen molar-refractivity contribution in [2.45, 2.75) is 19.5 Å². The summed E-state index contributed by atoms with van der Waals surface area (Å²) in [6.07, 6.45) is 3.37. The number of nitriles is 1. The topological polar surface area (TPSA) is 81.5 Å². The monoisotopic (exact) mass is 503 g/mol. The molecule has 0 saturated carbocycles. The fourth-order valence-electron chi connectivity index (χ4n) is 4.70. The summed E-state index contributed by atoms with van der Waals surface area (Å²) in [5.41, 5.74) is 4.11. The number of ether oxygens (including phenoxy) is 1. The third-order valence-electron chi connectivity index (χ3n) is 6.57. The number of benzene rings is 3. The lowest BCUT2D eigenvalue weighted by molar-refractivity contribution is 0.104. The lowest BCUT2D eigenvalue weighted by Crippen LogP contribution is -2.54. The molecule has 0 spiro atoms. The third-order valence-corrected chi connectivity index (χ3v) is 6.57. The molecule has 1 aliphatic rings. The van der Waals surface area contributed by atoms with Gasteiger partial charge in [-0.3, -0.25) is 9.88 Å². The molecule has 5 rings (SSSR count). The number of hydrogen-bond donors (Lipinski definition) is 1. The van der Waals surface area contributed by atoms with Crippen molar-refractivity contribution in [1.82, 2.24) is 14.8 Å². The molecule has 190 valence electrons. The second-order valence-electron chi connectivity index (χ2n) is 9.43. The molecule has 2 heterocycles. The molecule has 1 atom stereocenters. The zero-order valence-corrected chi connectivity index (χ0v) is 21.2. The zero-order valence-electron chi connectivity index (χ0n) is 21.2. The largest absolute Gasteiger partial charge is 0.457 e. The molecule has 0 aliphatic carbocycles. The van der Waals surface area contributed by atoms with Crippen LogP contribution in [0.15, 0.2) is 97.3 Å². The van der Waals surface area contributed by atoms with Crippen molar-refractivity contribution in [2.75, 3.05) is 25.0 Å². The first-order valence-corrected chi connectivity index (χ1v) is 12.6. The molecule has 0 bridgehead atoms. The third kappa shape index (κ3) is 6.17. The Bertz CT molecular complexity index is 1450. The number of carbonyl (C=O) groups excluding carboxylic acids is 1. The average molecular weight is 504 g/mol. The predicted molar refractivity (Wildman–Crippen MR) is 148 cm³/mol. The first kappa shape index (κ1) is 25.0. The Morgan fingerprint density at radius 2 is 1.79 bits per heavy atom. The van der Waals surface area contributed by atoms with Gasteiger partial charge in [0.2, 0.25) is 0 Å². The van der Waals surface area contributed by atoms with E-state index in [0.29, 0.717) is 17.8 Å². The smallest absolute Gasteiger partial charge is 0.322 e. The van der Waals surface area contributed by atoms with Gasteiger partial charge in [-0.1, -0.05) is 42.5 Å². The molecule has 0 unspecified atom stereocenters. The summed E-state index contributed by atoms with van der Waals surface area (Å²) in [6, 6.07) is 29.2. The minimum Gasteiger partial charge on any atom is -0.457 e. The van der Waals surface area contributed by atoms with Gasteiger partial charge in [0.15, 0.2) is 0 Å². The summed E-state index contributed by atoms with van der Waals surface area (Å²) >= 11 is 0. The van der Waals surface area contributed by atoms with E-state index in [0.717, 1.165) is 42.3 Å². The fraction of sp³-hybridized carbons (Fsp3) is 0.194. The van der Waals surface area contributed by atoms with E-state index >= 15 is 0 Å². The Morgan fingerprint density at radius 1 is 0.974 bits per heavy atom. The highest BCUT2D eigenvalue weighted by molar-refractivity contribution is 5.90. The number of rotatable bonds is 6. The maximum absolute atomic E-state index is 13.1. The maximum atomic E-state index is 13.1. The summed E-state index contributed by atoms with van der Waals surface area (Å²) in [4.78, 5) is 21.6. The van der Waals surface area contributed by atoms with Gasteiger partial charge in [0, 0.05) is 44.0 Å². The summed E-state index contributed by atoms with van der Waals surface area (Å²) in [6.45, 7) is 5.05. The lowest BCUT2D eigenvalue weighted by atomic mass is 10.1. The van der Waals surface area contributed by atoms with Gasteiger partial charge in [0.1, 0.15) is 11.5 Å². The van der Waals surface area contributed by atoms with Crippen molar-refractivity contribution in [1.29, 1.82) is 5.26 Å². The molecule has 7 heteroatoms. The van der Waals surface area contributed by atoms with Gasteiger partial charge in [-0.15, -0.1) is 0 Å². The van der Waals surface area contributed by atoms with Crippen LogP contribution in [0.5, 0.6) is 11.5 Å². The van der Waals surface area contributed by atoms with E-state index in [-0.39, 0.29) is 12.1 Å². The number of urea groups is 1. The number of piperazine rings is 1. The van der Waals surface area contributed by atoms with Crippen LogP contribution < -0.4 is 10.1 Å². The highest BCUT2D eigenvalue weighted by atomic mass is 16.5. The number of nitrogens with one attached hydrogen (secondary N) is 1. The minimum atomic E-state index is -0.139. The van der Waals surface area contributed by atoms with E-state index < -0.39 is 0 Å². The van der Waals surface area contributed by atoms with Crippen LogP contribution in [0.4, 0.5) is 10.5 Å². The average Bonchev–Trinajstić information content (AvgIpc) is 2.94. The number of pyridine rings is 1. The number of aromatic nitrogens is 1. The van der Waals surface area contributed by atoms with Gasteiger partial charge >= 0.3 is 6.03 Å². The Morgan fingerprint density at radius 3 is 2.61 bits per heavy atom. The second-order valence-corrected chi connectivity index (χ2v) is 9.43. The number of carbonyl (C=O) groups is 1. The van der Waals surface area contributed by atoms with E-state index in [2.05, 4.69) is 40.3 Å². The van der Waals surface area contributed by atoms with Gasteiger partial charge in [-0.25, -0.2) is 4.79 Å². The standard InChI is InChI=1S/C31H29N5O2/c1-23-21-35(22-25-8-6-12-30(16-25)38-29-10-3-2-4-11-29)13-14-36(23)31(37)34-28-17-27(19-33-20-28)26-9-5-7-24(15-26)18-32/h2-12,15-17,19-20,23H,13-14,21-22H2,1H3,(H,34,37)/t23-/m0/s1. The van der Waals surface area contributed by atoms with Crippen molar-refractivity contribution >= 4 is 11.7 Å². The van der Waals surface area contributed by atoms with Gasteiger partial charge in [0.05, 0.1) is 23.5 Å². The summed E-state index contributed by atoms with van der Waals surface area (Å²) in [5, 5.41) is 12.2. The van der Waals surface area contributed by atoms with Crippen LogP contribution >= 0.6 is 0 Å². The molecule has 7 nitrogen and oxygen atoms in total. The molecule has 1 aliphatic heterocycles. The first-order chi connectivity index (χ1) is 18.6. The summed E-state index contributed by atoms with van der Waals surface area (Å²) < 4.78 is 5.98. The van der Waals surface area contributed by atoms with E-state index in [1.54, 1.807) is 18.5 Å². The highest BCUT2D eigenvalue weighted by Gasteiger charge is 2.27. The molecule has 38 heavy (non-hydrogen) atoms. The molecular formula is C31H29N5O2. The number of anilines is 1. The normalized spacial score (nSPS) is 15.5. The Labute approximate surface area is 222 Å². The van der Waals surface area contributed by atoms with E-state index in [9.17, 15) is 10.1 Å². The van der Waals surface area contributed by atoms with Crippen molar-refractivity contribution in [2.24, 2.45) is 0 Å². The summed E-state index contributed by atoms with van der Waals surface area (Å²) in [5.74, 6) is 1.63. The Balaban J connectivity index is 1.18. The zero-order chi connectivity index (χ0) is 26.3. The van der Waals surface area contributed by atoms with Gasteiger partial charge in [-0.05, 0) is 60.5 Å². The van der Waals surface area contributed by atoms with Gasteiger partial charge < -0.3 is 15.0 Å². The number of hydrogen-bond acceptors (Lipinski definition) is 5. The van der Waals surface area contributed by atoms with Crippen LogP contribution in [-0.2, 0) is 6.54 Å². The van der Waals surface area contributed by atoms with Crippen LogP contribution in [0, 0.1) is 11.3 Å². The molecule has 3 aromatic carbocycles. The number of amides is 2. The molecule has 1 saturated heterocycles. The SMILES string of the molecule is C[C@H]1CN(Cc2cccc(Oc3ccccc3)c2)CCN1C(=O)Nc1cncc(-c2cccc(C#N)c2)c1. The van der Waals surface area contributed by atoms with Crippen LogP contribution in [0.1, 0.15) is 18.1 Å². The quantitative estimate of drug-likeness (QED) is 0.341. The van der Waals surface area contributed by atoms with E-state index in [1.165, 1.54) is 5.56 Å². The van der Waals surface area contributed by atoms with Crippen molar-refractivity contribution in [3.8, 4) is 28.7 Å². The first-order valence-electron chi connectivity index (χ1n) is 12.6. The van der Waals surface area contributed by atoms with Crippen molar-refractivity contribution in [3.63, 3.8) is 0 Å². The number of para-hydroxylation sites is 1. The van der Waals surface area contributed by atoms with Crippen LogP contribution in [0.25, 0.3) is 11.1 Å². The van der Waals surface area contributed by atoms with Gasteiger partial charge in [0.25, 0.3) is 0 Å². The lowest BCUT2D eigenvalue weighted by Gasteiger charge is -2.39. The molecule has 1 aromatic heterocycles. The van der Waals surface area contributed by atoms with E-state index in [4.69, 9.17) is 4.74 Å². The molecule has 2 amide bonds. The molecule has 0 radical (unpaired) electrons. The predicted octanol–water partition coefficient (Wildman–Crippen LogP) is 6.15. The number of nitrogens with zero attached hydrogens (tertiary/aromatic N) is 4. The Hall–Kier alpha value is -4.67. The fourth-order valence-corrected chi connectivity index (χ4v) is 4.70. The molecule has 1 fully saturated rings. The van der Waals surface area contributed by atoms with Crippen molar-refractivity contribution in [3.05, 3.63) is 108 Å². The maximum Gasteiger partial charge on any atom is 0.322 e. The van der Waals surface area contributed by atoms with Crippen LogP contribution in [0.2, 0.25) is 0 Å². The molecule has 4 aromatic rings. The van der Waals surface area contributed by atoms with Crippen LogP contribution in [-0.4, -0.2) is 46.5 Å². The Kier molecular flexibility index (Phi) is 7.62. The molecular weight excluding hydrogens is 474 g/mol. The molecule has 1 N–H and O–H groups in total. The minimum absolute atomic E-state index is 0.0518. The van der Waals surface area contributed by atoms with Crippen LogP contribution in [0.3, 0.4) is 0 Å². The van der Waals surface area contributed by atoms with Gasteiger partial charge in [-0.2, -0.15) is 5.26 Å². The summed E-state index contributed by atoms with van der Waals surface area (Å²) in [7, 11) is 0. The van der Waals surface area contributed by atoms with E-state index in [1.807, 2.05) is 71.6 Å². The second kappa shape index (κ2) is 11.6.